The van der Waals surface area contributed by atoms with Gasteiger partial charge in [-0.3, -0.25) is 0 Å². The number of hydrogen-bond acceptors (Lipinski definition) is 3. The average Bonchev–Trinajstić information content (AvgIpc) is 2.14. The largest absolute Gasteiger partial charge is 0.416 e. The van der Waals surface area contributed by atoms with Gasteiger partial charge in [0.05, 0.1) is 5.56 Å². The van der Waals surface area contributed by atoms with Crippen LogP contribution < -0.4 is 5.19 Å². The van der Waals surface area contributed by atoms with Gasteiger partial charge in [-0.15, -0.1) is 0 Å². The third-order valence-corrected chi connectivity index (χ3v) is 2.35. The molecule has 0 aliphatic rings. The normalized spacial score (nSPS) is 12.1. The molecule has 0 aromatic heterocycles. The Balaban J connectivity index is 2.75. The van der Waals surface area contributed by atoms with Crippen molar-refractivity contribution in [3.63, 3.8) is 0 Å². The summed E-state index contributed by atoms with van der Waals surface area (Å²) in [6, 6.07) is 4.48. The fraction of sp³-hybridized carbons (Fsp3) is 0.250. The van der Waals surface area contributed by atoms with Crippen LogP contribution in [-0.4, -0.2) is 26.5 Å². The number of benzene rings is 1. The first-order valence-electron chi connectivity index (χ1n) is 3.84. The zero-order chi connectivity index (χ0) is 11.5. The van der Waals surface area contributed by atoms with Gasteiger partial charge in [-0.25, -0.2) is 0 Å². The van der Waals surface area contributed by atoms with Crippen molar-refractivity contribution in [1.82, 2.24) is 0 Å². The lowest BCUT2D eigenvalue weighted by Gasteiger charge is -2.08. The van der Waals surface area contributed by atoms with E-state index in [4.69, 9.17) is 10.2 Å². The van der Waals surface area contributed by atoms with Gasteiger partial charge in [0.15, 0.2) is 0 Å². The Morgan fingerprint density at radius 1 is 1.27 bits per heavy atom. The standard InChI is InChI=1S/C8H7F3O3Si/c9-8(10,11)5-2-1-3-6(4-5)15-14-7(12)13/h1-4,7,12-13H. The number of aliphatic hydroxyl groups is 2. The van der Waals surface area contributed by atoms with E-state index >= 15 is 0 Å². The molecule has 0 aliphatic heterocycles. The van der Waals surface area contributed by atoms with Crippen LogP contribution in [0.3, 0.4) is 0 Å². The summed E-state index contributed by atoms with van der Waals surface area (Å²) in [6.07, 6.45) is -4.40. The van der Waals surface area contributed by atoms with E-state index in [1.54, 1.807) is 0 Å². The molecule has 0 unspecified atom stereocenters. The molecule has 1 rings (SSSR count). The Kier molecular flexibility index (Phi) is 3.86. The molecule has 82 valence electrons. The van der Waals surface area contributed by atoms with E-state index in [9.17, 15) is 13.2 Å². The maximum Gasteiger partial charge on any atom is 0.416 e. The smallest absolute Gasteiger partial charge is 0.366 e. The van der Waals surface area contributed by atoms with Gasteiger partial charge >= 0.3 is 6.18 Å². The maximum atomic E-state index is 12.2. The highest BCUT2D eigenvalue weighted by atomic mass is 28.2. The minimum Gasteiger partial charge on any atom is -0.366 e. The van der Waals surface area contributed by atoms with Gasteiger partial charge in [-0.1, -0.05) is 18.2 Å². The minimum absolute atomic E-state index is 0.248. The third-order valence-electron chi connectivity index (χ3n) is 1.47. The van der Waals surface area contributed by atoms with E-state index in [1.165, 1.54) is 12.1 Å². The van der Waals surface area contributed by atoms with Crippen molar-refractivity contribution in [1.29, 1.82) is 0 Å². The summed E-state index contributed by atoms with van der Waals surface area (Å²) in [5.74, 6) is 0. The van der Waals surface area contributed by atoms with E-state index in [1.807, 2.05) is 0 Å². The number of alkyl halides is 3. The molecule has 1 aromatic carbocycles. The molecule has 0 fully saturated rings. The minimum atomic E-state index is -4.40. The van der Waals surface area contributed by atoms with Crippen LogP contribution in [0.4, 0.5) is 13.2 Å². The van der Waals surface area contributed by atoms with Crippen LogP contribution in [0.5, 0.6) is 0 Å². The number of halogens is 3. The summed E-state index contributed by atoms with van der Waals surface area (Å²) in [6.45, 7) is -1.97. The van der Waals surface area contributed by atoms with Gasteiger partial charge in [0, 0.05) is 0 Å². The molecule has 7 heteroatoms. The highest BCUT2D eigenvalue weighted by Crippen LogP contribution is 2.27. The van der Waals surface area contributed by atoms with Crippen molar-refractivity contribution in [2.75, 3.05) is 0 Å². The van der Waals surface area contributed by atoms with Crippen molar-refractivity contribution in [2.24, 2.45) is 0 Å². The van der Waals surface area contributed by atoms with E-state index in [0.717, 1.165) is 12.1 Å². The van der Waals surface area contributed by atoms with Gasteiger partial charge in [0.2, 0.25) is 0 Å². The van der Waals surface area contributed by atoms with E-state index < -0.39 is 28.0 Å². The number of hydrogen-bond donors (Lipinski definition) is 2. The van der Waals surface area contributed by atoms with Crippen molar-refractivity contribution < 1.29 is 27.8 Å². The molecule has 0 heterocycles. The first-order chi connectivity index (χ1) is 6.89. The first kappa shape index (κ1) is 12.2. The second-order valence-electron chi connectivity index (χ2n) is 2.62. The molecule has 15 heavy (non-hydrogen) atoms. The Hall–Kier alpha value is -0.893. The first-order valence-corrected chi connectivity index (χ1v) is 4.75. The summed E-state index contributed by atoms with van der Waals surface area (Å²) in [5, 5.41) is 17.0. The van der Waals surface area contributed by atoms with Crippen LogP contribution in [0.2, 0.25) is 0 Å². The molecule has 1 aromatic rings. The molecule has 0 saturated heterocycles. The van der Waals surface area contributed by atoms with Crippen LogP contribution in [0, 0.1) is 0 Å². The molecule has 0 aliphatic carbocycles. The summed E-state index contributed by atoms with van der Waals surface area (Å²) in [4.78, 5) is 0. The van der Waals surface area contributed by atoms with Gasteiger partial charge in [-0.2, -0.15) is 13.2 Å². The molecule has 2 N–H and O–H groups in total. The quantitative estimate of drug-likeness (QED) is 0.583. The second-order valence-corrected chi connectivity index (χ2v) is 3.64. The summed E-state index contributed by atoms with van der Waals surface area (Å²) < 4.78 is 41.1. The van der Waals surface area contributed by atoms with Gasteiger partial charge in [0.25, 0.3) is 16.2 Å². The van der Waals surface area contributed by atoms with Crippen molar-refractivity contribution >= 4 is 14.9 Å². The lowest BCUT2D eigenvalue weighted by Crippen LogP contribution is -2.24. The lowest BCUT2D eigenvalue weighted by atomic mass is 10.2. The molecule has 0 amide bonds. The SMILES string of the molecule is OC(O)O[Si]c1cccc(C(F)(F)F)c1. The number of aliphatic hydroxyl groups excluding tert-OH is 1. The topological polar surface area (TPSA) is 49.7 Å². The van der Waals surface area contributed by atoms with Gasteiger partial charge in [-0.05, 0) is 11.3 Å². The monoisotopic (exact) mass is 236 g/mol. The highest BCUT2D eigenvalue weighted by molar-refractivity contribution is 6.46. The van der Waals surface area contributed by atoms with Crippen molar-refractivity contribution in [2.45, 2.75) is 12.7 Å². The molecule has 0 atom stereocenters. The molecule has 3 nitrogen and oxygen atoms in total. The summed E-state index contributed by atoms with van der Waals surface area (Å²) >= 11 is 0. The van der Waals surface area contributed by atoms with Crippen LogP contribution >= 0.6 is 0 Å². The van der Waals surface area contributed by atoms with Gasteiger partial charge in [0.1, 0.15) is 0 Å². The Morgan fingerprint density at radius 3 is 2.47 bits per heavy atom. The fourth-order valence-electron chi connectivity index (χ4n) is 0.880. The molecule has 0 spiro atoms. The zero-order valence-corrected chi connectivity index (χ0v) is 8.32. The van der Waals surface area contributed by atoms with Gasteiger partial charge < -0.3 is 14.6 Å². The summed E-state index contributed by atoms with van der Waals surface area (Å²) in [5.41, 5.74) is -0.788. The predicted octanol–water partition coefficient (Wildman–Crippen LogP) is 0.235. The Bertz CT molecular complexity index is 327. The molecular formula is C8H7F3O3Si. The Labute approximate surface area is 86.1 Å². The van der Waals surface area contributed by atoms with Crippen LogP contribution in [0.1, 0.15) is 5.56 Å². The average molecular weight is 236 g/mol. The molecule has 0 saturated carbocycles. The van der Waals surface area contributed by atoms with Crippen LogP contribution in [0.15, 0.2) is 24.3 Å². The second kappa shape index (κ2) is 4.75. The third kappa shape index (κ3) is 4.00. The van der Waals surface area contributed by atoms with E-state index in [0.29, 0.717) is 0 Å². The lowest BCUT2D eigenvalue weighted by molar-refractivity contribution is -0.179. The fourth-order valence-corrected chi connectivity index (χ4v) is 1.50. The highest BCUT2D eigenvalue weighted by Gasteiger charge is 2.30. The van der Waals surface area contributed by atoms with E-state index in [2.05, 4.69) is 4.43 Å². The molecule has 0 bridgehead atoms. The van der Waals surface area contributed by atoms with Crippen molar-refractivity contribution in [3.05, 3.63) is 29.8 Å². The molecular weight excluding hydrogens is 229 g/mol. The van der Waals surface area contributed by atoms with Crippen LogP contribution in [-0.2, 0) is 10.6 Å². The zero-order valence-electron chi connectivity index (χ0n) is 7.32. The number of rotatable bonds is 3. The Morgan fingerprint density at radius 2 is 1.93 bits per heavy atom. The van der Waals surface area contributed by atoms with Crippen LogP contribution in [0.25, 0.3) is 0 Å². The van der Waals surface area contributed by atoms with Crippen molar-refractivity contribution in [3.8, 4) is 0 Å². The molecule has 2 radical (unpaired) electrons. The maximum absolute atomic E-state index is 12.2. The summed E-state index contributed by atoms with van der Waals surface area (Å²) in [7, 11) is -0.540. The van der Waals surface area contributed by atoms with E-state index in [-0.39, 0.29) is 5.19 Å². The predicted molar refractivity (Wildman–Crippen MR) is 46.1 cm³/mol.